The topological polar surface area (TPSA) is 67.4 Å². The van der Waals surface area contributed by atoms with E-state index < -0.39 is 10.0 Å². The van der Waals surface area contributed by atoms with E-state index in [1.54, 1.807) is 24.3 Å². The highest BCUT2D eigenvalue weighted by Crippen LogP contribution is 2.13. The third-order valence-electron chi connectivity index (χ3n) is 2.54. The van der Waals surface area contributed by atoms with Gasteiger partial charge in [-0.1, -0.05) is 13.8 Å². The van der Waals surface area contributed by atoms with Crippen molar-refractivity contribution in [3.8, 4) is 0 Å². The Morgan fingerprint density at radius 1 is 1.20 bits per heavy atom. The Morgan fingerprint density at radius 2 is 1.85 bits per heavy atom. The molecule has 1 aromatic rings. The van der Waals surface area contributed by atoms with Crippen LogP contribution in [0.4, 0.5) is 5.69 Å². The van der Waals surface area contributed by atoms with E-state index in [-0.39, 0.29) is 11.4 Å². The molecule has 0 radical (unpaired) electrons. The van der Waals surface area contributed by atoms with Crippen LogP contribution in [0, 0.1) is 5.92 Å². The van der Waals surface area contributed by atoms with Gasteiger partial charge in [-0.2, -0.15) is 0 Å². The lowest BCUT2D eigenvalue weighted by atomic mass is 10.2. The quantitative estimate of drug-likeness (QED) is 0.685. The van der Waals surface area contributed by atoms with Gasteiger partial charge in [0.25, 0.3) is 0 Å². The minimum absolute atomic E-state index is 0.267. The van der Waals surface area contributed by atoms with Crippen LogP contribution in [0.2, 0.25) is 0 Å². The summed E-state index contributed by atoms with van der Waals surface area (Å²) in [5.74, 6) is 0.449. The second-order valence-electron chi connectivity index (χ2n) is 4.92. The maximum atomic E-state index is 12.0. The van der Waals surface area contributed by atoms with Crippen LogP contribution in [0.3, 0.4) is 0 Å². The summed E-state index contributed by atoms with van der Waals surface area (Å²) in [6, 6.07) is 6.70. The lowest BCUT2D eigenvalue weighted by Gasteiger charge is -2.09. The molecule has 0 unspecified atom stereocenters. The van der Waals surface area contributed by atoms with Gasteiger partial charge in [0.1, 0.15) is 0 Å². The summed E-state index contributed by atoms with van der Waals surface area (Å²) in [4.78, 5) is 0.267. The molecule has 2 N–H and O–H groups in total. The summed E-state index contributed by atoms with van der Waals surface area (Å²) < 4.78 is 31.9. The number of rotatable bonds is 9. The van der Waals surface area contributed by atoms with Crippen molar-refractivity contribution in [3.63, 3.8) is 0 Å². The zero-order chi connectivity index (χ0) is 15.0. The number of hydrogen-bond donors (Lipinski definition) is 2. The predicted molar refractivity (Wildman–Crippen MR) is 81.5 cm³/mol. The molecule has 0 fully saturated rings. The lowest BCUT2D eigenvalue weighted by molar-refractivity contribution is 0.114. The Balaban J connectivity index is 2.47. The van der Waals surface area contributed by atoms with Crippen molar-refractivity contribution in [2.45, 2.75) is 25.7 Å². The van der Waals surface area contributed by atoms with E-state index in [9.17, 15) is 8.42 Å². The molecule has 0 amide bonds. The molecule has 20 heavy (non-hydrogen) atoms. The molecular weight excluding hydrogens is 276 g/mol. The van der Waals surface area contributed by atoms with Gasteiger partial charge in [-0.25, -0.2) is 13.1 Å². The van der Waals surface area contributed by atoms with Crippen LogP contribution in [-0.2, 0) is 14.8 Å². The first-order valence-corrected chi connectivity index (χ1v) is 8.35. The summed E-state index contributed by atoms with van der Waals surface area (Å²) in [5.41, 5.74) is 0.909. The molecule has 0 aromatic heterocycles. The smallest absolute Gasteiger partial charge is 0.240 e. The average Bonchev–Trinajstić information content (AvgIpc) is 2.39. The Hall–Kier alpha value is -1.11. The Morgan fingerprint density at radius 3 is 2.40 bits per heavy atom. The van der Waals surface area contributed by atoms with E-state index in [0.29, 0.717) is 19.1 Å². The van der Waals surface area contributed by atoms with E-state index in [1.165, 1.54) is 0 Å². The number of benzene rings is 1. The minimum Gasteiger partial charge on any atom is -0.385 e. The van der Waals surface area contributed by atoms with Gasteiger partial charge in [-0.05, 0) is 37.1 Å². The SMILES string of the molecule is CCNc1ccc(S(=O)(=O)NCCOCC(C)C)cc1. The molecule has 1 aromatic carbocycles. The molecule has 1 rings (SSSR count). The largest absolute Gasteiger partial charge is 0.385 e. The third-order valence-corrected chi connectivity index (χ3v) is 4.01. The number of anilines is 1. The summed E-state index contributed by atoms with van der Waals surface area (Å²) >= 11 is 0. The first-order chi connectivity index (χ1) is 9.45. The molecule has 0 saturated carbocycles. The normalized spacial score (nSPS) is 11.8. The van der Waals surface area contributed by atoms with Crippen LogP contribution in [0.25, 0.3) is 0 Å². The summed E-state index contributed by atoms with van der Waals surface area (Å²) in [7, 11) is -3.45. The van der Waals surface area contributed by atoms with Gasteiger partial charge in [0.2, 0.25) is 10.0 Å². The molecule has 0 saturated heterocycles. The molecule has 0 atom stereocenters. The van der Waals surface area contributed by atoms with Crippen molar-refractivity contribution in [1.29, 1.82) is 0 Å². The molecule has 0 aliphatic heterocycles. The fourth-order valence-electron chi connectivity index (χ4n) is 1.61. The van der Waals surface area contributed by atoms with Crippen LogP contribution in [-0.4, -0.2) is 34.7 Å². The molecule has 5 nitrogen and oxygen atoms in total. The van der Waals surface area contributed by atoms with Crippen LogP contribution in [0.1, 0.15) is 20.8 Å². The second-order valence-corrected chi connectivity index (χ2v) is 6.69. The van der Waals surface area contributed by atoms with Crippen molar-refractivity contribution >= 4 is 15.7 Å². The van der Waals surface area contributed by atoms with Gasteiger partial charge in [-0.3, -0.25) is 0 Å². The molecule has 0 bridgehead atoms. The highest BCUT2D eigenvalue weighted by atomic mass is 32.2. The minimum atomic E-state index is -3.45. The van der Waals surface area contributed by atoms with E-state index in [0.717, 1.165) is 12.2 Å². The molecule has 0 aliphatic carbocycles. The maximum Gasteiger partial charge on any atom is 0.240 e. The van der Waals surface area contributed by atoms with Crippen LogP contribution < -0.4 is 10.0 Å². The van der Waals surface area contributed by atoms with Gasteiger partial charge < -0.3 is 10.1 Å². The van der Waals surface area contributed by atoms with Gasteiger partial charge in [0.15, 0.2) is 0 Å². The number of nitrogens with one attached hydrogen (secondary N) is 2. The Kier molecular flexibility index (Phi) is 6.98. The summed E-state index contributed by atoms with van der Waals surface area (Å²) in [5, 5.41) is 3.12. The first kappa shape index (κ1) is 16.9. The molecule has 114 valence electrons. The van der Waals surface area contributed by atoms with E-state index in [4.69, 9.17) is 4.74 Å². The first-order valence-electron chi connectivity index (χ1n) is 6.87. The Labute approximate surface area is 121 Å². The fourth-order valence-corrected chi connectivity index (χ4v) is 2.62. The summed E-state index contributed by atoms with van der Waals surface area (Å²) in [6.07, 6.45) is 0. The average molecular weight is 300 g/mol. The van der Waals surface area contributed by atoms with Gasteiger partial charge in [-0.15, -0.1) is 0 Å². The monoisotopic (exact) mass is 300 g/mol. The number of hydrogen-bond acceptors (Lipinski definition) is 4. The summed E-state index contributed by atoms with van der Waals surface area (Å²) in [6.45, 7) is 8.20. The molecular formula is C14H24N2O3S. The highest BCUT2D eigenvalue weighted by Gasteiger charge is 2.12. The standard InChI is InChI=1S/C14H24N2O3S/c1-4-15-13-5-7-14(8-6-13)20(17,18)16-9-10-19-11-12(2)3/h5-8,12,15-16H,4,9-11H2,1-3H3. The van der Waals surface area contributed by atoms with Crippen LogP contribution in [0.5, 0.6) is 0 Å². The zero-order valence-corrected chi connectivity index (χ0v) is 13.2. The molecule has 0 heterocycles. The zero-order valence-electron chi connectivity index (χ0n) is 12.3. The van der Waals surface area contributed by atoms with Crippen LogP contribution in [0.15, 0.2) is 29.2 Å². The molecule has 0 aliphatic rings. The lowest BCUT2D eigenvalue weighted by Crippen LogP contribution is -2.27. The Bertz CT molecular complexity index is 484. The molecule has 6 heteroatoms. The predicted octanol–water partition coefficient (Wildman–Crippen LogP) is 2.07. The van der Waals surface area contributed by atoms with Crippen molar-refractivity contribution in [3.05, 3.63) is 24.3 Å². The van der Waals surface area contributed by atoms with Gasteiger partial charge >= 0.3 is 0 Å². The number of sulfonamides is 1. The maximum absolute atomic E-state index is 12.0. The highest BCUT2D eigenvalue weighted by molar-refractivity contribution is 7.89. The van der Waals surface area contributed by atoms with Gasteiger partial charge in [0, 0.05) is 25.4 Å². The molecule has 0 spiro atoms. The van der Waals surface area contributed by atoms with Crippen molar-refractivity contribution in [2.75, 3.05) is 31.6 Å². The van der Waals surface area contributed by atoms with E-state index in [2.05, 4.69) is 23.9 Å². The fraction of sp³-hybridized carbons (Fsp3) is 0.571. The van der Waals surface area contributed by atoms with Gasteiger partial charge in [0.05, 0.1) is 11.5 Å². The van der Waals surface area contributed by atoms with E-state index in [1.807, 2.05) is 6.92 Å². The second kappa shape index (κ2) is 8.24. The van der Waals surface area contributed by atoms with Crippen molar-refractivity contribution in [1.82, 2.24) is 4.72 Å². The van der Waals surface area contributed by atoms with Crippen molar-refractivity contribution in [2.24, 2.45) is 5.92 Å². The van der Waals surface area contributed by atoms with Crippen LogP contribution >= 0.6 is 0 Å². The third kappa shape index (κ3) is 5.90. The number of ether oxygens (including phenoxy) is 1. The van der Waals surface area contributed by atoms with E-state index >= 15 is 0 Å². The van der Waals surface area contributed by atoms with Crippen molar-refractivity contribution < 1.29 is 13.2 Å².